The summed E-state index contributed by atoms with van der Waals surface area (Å²) in [4.78, 5) is 26.0. The van der Waals surface area contributed by atoms with Gasteiger partial charge in [-0.3, -0.25) is 9.69 Å². The van der Waals surface area contributed by atoms with Gasteiger partial charge in [-0.25, -0.2) is 4.79 Å². The Labute approximate surface area is 158 Å². The van der Waals surface area contributed by atoms with Crippen LogP contribution in [0.5, 0.6) is 11.5 Å². The lowest BCUT2D eigenvalue weighted by molar-refractivity contribution is -0.138. The average Bonchev–Trinajstić information content (AvgIpc) is 2.95. The molecule has 3 amide bonds. The molecule has 1 unspecified atom stereocenters. The Hall–Kier alpha value is -3.23. The van der Waals surface area contributed by atoms with Crippen molar-refractivity contribution in [2.24, 2.45) is 0 Å². The summed E-state index contributed by atoms with van der Waals surface area (Å²) in [5, 5.41) is 2.33. The van der Waals surface area contributed by atoms with Crippen LogP contribution in [0.3, 0.4) is 0 Å². The van der Waals surface area contributed by atoms with Gasteiger partial charge in [-0.15, -0.1) is 0 Å². The van der Waals surface area contributed by atoms with Crippen LogP contribution in [-0.2, 0) is 17.5 Å². The van der Waals surface area contributed by atoms with Crippen LogP contribution in [0.4, 0.5) is 18.0 Å². The van der Waals surface area contributed by atoms with E-state index in [-0.39, 0.29) is 12.1 Å². The first kappa shape index (κ1) is 19.5. The molecular weight excluding hydrogens is 377 g/mol. The molecule has 0 bridgehead atoms. The molecule has 0 spiro atoms. The van der Waals surface area contributed by atoms with Gasteiger partial charge in [0.25, 0.3) is 5.91 Å². The molecule has 1 aliphatic rings. The molecule has 1 aliphatic heterocycles. The predicted octanol–water partition coefficient (Wildman–Crippen LogP) is 3.52. The number of imide groups is 1. The standard InChI is InChI=1S/C19H17F3N2O4/c1-27-14-8-5-9-15(28-2)12(14)10-24-17(25)16(23-18(24)26)11-6-3-4-7-13(11)19(20,21)22/h3-9,16H,10H2,1-2H3,(H,23,26). The van der Waals surface area contributed by atoms with Crippen LogP contribution in [0.15, 0.2) is 42.5 Å². The van der Waals surface area contributed by atoms with E-state index in [9.17, 15) is 22.8 Å². The molecule has 2 aromatic carbocycles. The van der Waals surface area contributed by atoms with Gasteiger partial charge in [0.2, 0.25) is 0 Å². The van der Waals surface area contributed by atoms with Gasteiger partial charge in [0.15, 0.2) is 0 Å². The molecule has 28 heavy (non-hydrogen) atoms. The minimum absolute atomic E-state index is 0.206. The number of hydrogen-bond acceptors (Lipinski definition) is 4. The second-order valence-corrected chi connectivity index (χ2v) is 6.03. The van der Waals surface area contributed by atoms with Crippen molar-refractivity contribution >= 4 is 11.9 Å². The fourth-order valence-corrected chi connectivity index (χ4v) is 3.13. The van der Waals surface area contributed by atoms with Crippen LogP contribution in [0.25, 0.3) is 0 Å². The van der Waals surface area contributed by atoms with E-state index in [2.05, 4.69) is 5.32 Å². The van der Waals surface area contributed by atoms with Crippen molar-refractivity contribution < 1.29 is 32.2 Å². The van der Waals surface area contributed by atoms with E-state index < -0.39 is 29.7 Å². The lowest BCUT2D eigenvalue weighted by Crippen LogP contribution is -2.30. The third-order valence-corrected chi connectivity index (χ3v) is 4.45. The van der Waals surface area contributed by atoms with Crippen molar-refractivity contribution in [1.29, 1.82) is 0 Å². The topological polar surface area (TPSA) is 67.9 Å². The summed E-state index contributed by atoms with van der Waals surface area (Å²) in [7, 11) is 2.85. The lowest BCUT2D eigenvalue weighted by atomic mass is 9.99. The maximum absolute atomic E-state index is 13.3. The van der Waals surface area contributed by atoms with Gasteiger partial charge in [0, 0.05) is 0 Å². The maximum Gasteiger partial charge on any atom is 0.416 e. The zero-order valence-electron chi connectivity index (χ0n) is 15.0. The summed E-state index contributed by atoms with van der Waals surface area (Å²) in [5.74, 6) is -0.00663. The first-order valence-electron chi connectivity index (χ1n) is 8.25. The van der Waals surface area contributed by atoms with Crippen LogP contribution >= 0.6 is 0 Å². The molecule has 1 atom stereocenters. The fraction of sp³-hybridized carbons (Fsp3) is 0.263. The molecule has 0 aromatic heterocycles. The molecule has 1 heterocycles. The molecule has 2 aromatic rings. The molecule has 148 valence electrons. The Morgan fingerprint density at radius 2 is 1.61 bits per heavy atom. The molecule has 1 fully saturated rings. The lowest BCUT2D eigenvalue weighted by Gasteiger charge is -2.19. The number of nitrogens with one attached hydrogen (secondary N) is 1. The highest BCUT2D eigenvalue weighted by molar-refractivity contribution is 6.04. The van der Waals surface area contributed by atoms with Crippen LogP contribution in [0.2, 0.25) is 0 Å². The number of hydrogen-bond donors (Lipinski definition) is 1. The Bertz CT molecular complexity index is 892. The Balaban J connectivity index is 1.95. The first-order chi connectivity index (χ1) is 13.3. The van der Waals surface area contributed by atoms with Gasteiger partial charge in [-0.2, -0.15) is 13.2 Å². The van der Waals surface area contributed by atoms with Gasteiger partial charge >= 0.3 is 12.2 Å². The minimum Gasteiger partial charge on any atom is -0.496 e. The Kier molecular flexibility index (Phi) is 5.17. The molecule has 1 N–H and O–H groups in total. The van der Waals surface area contributed by atoms with E-state index in [4.69, 9.17) is 9.47 Å². The molecule has 0 saturated carbocycles. The number of benzene rings is 2. The van der Waals surface area contributed by atoms with Crippen LogP contribution in [0.1, 0.15) is 22.7 Å². The largest absolute Gasteiger partial charge is 0.496 e. The van der Waals surface area contributed by atoms with E-state index in [0.717, 1.165) is 11.0 Å². The van der Waals surface area contributed by atoms with Gasteiger partial charge in [0.05, 0.1) is 31.9 Å². The fourth-order valence-electron chi connectivity index (χ4n) is 3.13. The third-order valence-electron chi connectivity index (χ3n) is 4.45. The molecule has 9 heteroatoms. The number of halogens is 3. The number of rotatable bonds is 5. The molecule has 0 radical (unpaired) electrons. The van der Waals surface area contributed by atoms with Crippen LogP contribution in [0, 0.1) is 0 Å². The van der Waals surface area contributed by atoms with E-state index in [1.54, 1.807) is 18.2 Å². The van der Waals surface area contributed by atoms with Crippen molar-refractivity contribution in [2.75, 3.05) is 14.2 Å². The van der Waals surface area contributed by atoms with E-state index >= 15 is 0 Å². The highest BCUT2D eigenvalue weighted by Crippen LogP contribution is 2.37. The maximum atomic E-state index is 13.3. The number of methoxy groups -OCH3 is 2. The summed E-state index contributed by atoms with van der Waals surface area (Å²) >= 11 is 0. The molecule has 1 saturated heterocycles. The van der Waals surface area contributed by atoms with E-state index in [0.29, 0.717) is 17.1 Å². The number of alkyl halides is 3. The van der Waals surface area contributed by atoms with Gasteiger partial charge in [0.1, 0.15) is 17.5 Å². The number of carbonyl (C=O) groups excluding carboxylic acids is 2. The average molecular weight is 394 g/mol. The summed E-state index contributed by atoms with van der Waals surface area (Å²) in [5.41, 5.74) is -0.839. The summed E-state index contributed by atoms with van der Waals surface area (Å²) < 4.78 is 50.4. The first-order valence-corrected chi connectivity index (χ1v) is 8.25. The third kappa shape index (κ3) is 3.47. The van der Waals surface area contributed by atoms with Crippen molar-refractivity contribution in [2.45, 2.75) is 18.8 Å². The van der Waals surface area contributed by atoms with Gasteiger partial charge in [-0.05, 0) is 23.8 Å². The molecule has 6 nitrogen and oxygen atoms in total. The Morgan fingerprint density at radius 3 is 2.18 bits per heavy atom. The second kappa shape index (κ2) is 7.41. The number of ether oxygens (including phenoxy) is 2. The van der Waals surface area contributed by atoms with Crippen molar-refractivity contribution in [1.82, 2.24) is 10.2 Å². The number of carbonyl (C=O) groups is 2. The van der Waals surface area contributed by atoms with Crippen molar-refractivity contribution in [3.05, 3.63) is 59.2 Å². The van der Waals surface area contributed by atoms with Gasteiger partial charge in [-0.1, -0.05) is 24.3 Å². The second-order valence-electron chi connectivity index (χ2n) is 6.03. The molecule has 0 aliphatic carbocycles. The number of urea groups is 1. The normalized spacial score (nSPS) is 16.9. The predicted molar refractivity (Wildman–Crippen MR) is 92.8 cm³/mol. The smallest absolute Gasteiger partial charge is 0.416 e. The highest BCUT2D eigenvalue weighted by atomic mass is 19.4. The monoisotopic (exact) mass is 394 g/mol. The number of amides is 3. The summed E-state index contributed by atoms with van der Waals surface area (Å²) in [6.45, 7) is -0.206. The summed E-state index contributed by atoms with van der Waals surface area (Å²) in [6, 6.07) is 7.39. The van der Waals surface area contributed by atoms with E-state index in [1.165, 1.54) is 32.4 Å². The van der Waals surface area contributed by atoms with Crippen LogP contribution < -0.4 is 14.8 Å². The zero-order valence-corrected chi connectivity index (χ0v) is 15.0. The highest BCUT2D eigenvalue weighted by Gasteiger charge is 2.44. The zero-order chi connectivity index (χ0) is 20.5. The Morgan fingerprint density at radius 1 is 1.00 bits per heavy atom. The van der Waals surface area contributed by atoms with E-state index in [1.807, 2.05) is 0 Å². The van der Waals surface area contributed by atoms with Crippen molar-refractivity contribution in [3.8, 4) is 11.5 Å². The minimum atomic E-state index is -4.65. The number of nitrogens with zero attached hydrogens (tertiary/aromatic N) is 1. The molecule has 3 rings (SSSR count). The van der Waals surface area contributed by atoms with Crippen LogP contribution in [-0.4, -0.2) is 31.1 Å². The summed E-state index contributed by atoms with van der Waals surface area (Å²) in [6.07, 6.45) is -4.65. The molecular formula is C19H17F3N2O4. The SMILES string of the molecule is COc1cccc(OC)c1CN1C(=O)NC(c2ccccc2C(F)(F)F)C1=O. The van der Waals surface area contributed by atoms with Gasteiger partial charge < -0.3 is 14.8 Å². The quantitative estimate of drug-likeness (QED) is 0.788. The van der Waals surface area contributed by atoms with Crippen molar-refractivity contribution in [3.63, 3.8) is 0 Å².